The van der Waals surface area contributed by atoms with Gasteiger partial charge in [-0.2, -0.15) is 13.2 Å². The predicted octanol–water partition coefficient (Wildman–Crippen LogP) is 3.53. The minimum atomic E-state index is -4.36. The van der Waals surface area contributed by atoms with Crippen molar-refractivity contribution in [3.8, 4) is 11.5 Å². The summed E-state index contributed by atoms with van der Waals surface area (Å²) >= 11 is 0. The molecule has 0 heterocycles. The van der Waals surface area contributed by atoms with E-state index in [-0.39, 0.29) is 24.8 Å². The van der Waals surface area contributed by atoms with Gasteiger partial charge in [-0.3, -0.25) is 0 Å². The van der Waals surface area contributed by atoms with E-state index in [4.69, 9.17) is 10.5 Å². The molecule has 0 aliphatic heterocycles. The van der Waals surface area contributed by atoms with E-state index in [1.165, 1.54) is 18.2 Å². The van der Waals surface area contributed by atoms with Gasteiger partial charge in [-0.05, 0) is 29.8 Å². The standard InChI is InChI=1S/C16H16F3NO2/c17-16(18,19)13-7-5-11(6-8-13)12(9-20)10-22-15-4-2-1-3-14(15)21/h1-8,12,21H,9-10,20H2. The highest BCUT2D eigenvalue weighted by atomic mass is 19.4. The first kappa shape index (κ1) is 16.2. The van der Waals surface area contributed by atoms with Crippen LogP contribution < -0.4 is 10.5 Å². The number of alkyl halides is 3. The Morgan fingerprint density at radius 3 is 2.23 bits per heavy atom. The predicted molar refractivity (Wildman–Crippen MR) is 76.8 cm³/mol. The molecular weight excluding hydrogens is 295 g/mol. The van der Waals surface area contributed by atoms with Crippen molar-refractivity contribution in [2.45, 2.75) is 12.1 Å². The van der Waals surface area contributed by atoms with Gasteiger partial charge in [-0.15, -0.1) is 0 Å². The van der Waals surface area contributed by atoms with Gasteiger partial charge in [0.1, 0.15) is 0 Å². The quantitative estimate of drug-likeness (QED) is 0.888. The molecule has 2 rings (SSSR count). The molecule has 0 fully saturated rings. The number of rotatable bonds is 5. The summed E-state index contributed by atoms with van der Waals surface area (Å²) < 4.78 is 43.1. The van der Waals surface area contributed by atoms with Crippen LogP contribution in [0.5, 0.6) is 11.5 Å². The average Bonchev–Trinajstić information content (AvgIpc) is 2.49. The van der Waals surface area contributed by atoms with E-state index in [9.17, 15) is 18.3 Å². The number of halogens is 3. The zero-order valence-corrected chi connectivity index (χ0v) is 11.7. The van der Waals surface area contributed by atoms with Crippen LogP contribution in [-0.4, -0.2) is 18.3 Å². The van der Waals surface area contributed by atoms with Crippen LogP contribution in [0.15, 0.2) is 48.5 Å². The number of hydrogen-bond donors (Lipinski definition) is 2. The van der Waals surface area contributed by atoms with Gasteiger partial charge in [0.2, 0.25) is 0 Å². The molecule has 1 atom stereocenters. The summed E-state index contributed by atoms with van der Waals surface area (Å²) in [4.78, 5) is 0. The molecule has 118 valence electrons. The molecule has 0 aromatic heterocycles. The summed E-state index contributed by atoms with van der Waals surface area (Å²) in [6, 6.07) is 11.3. The fourth-order valence-corrected chi connectivity index (χ4v) is 2.01. The number of nitrogens with two attached hydrogens (primary N) is 1. The first-order valence-corrected chi connectivity index (χ1v) is 6.70. The molecule has 0 radical (unpaired) electrons. The summed E-state index contributed by atoms with van der Waals surface area (Å²) in [5, 5.41) is 9.61. The van der Waals surface area contributed by atoms with Gasteiger partial charge in [0.05, 0.1) is 12.2 Å². The zero-order valence-electron chi connectivity index (χ0n) is 11.7. The zero-order chi connectivity index (χ0) is 16.2. The van der Waals surface area contributed by atoms with Crippen molar-refractivity contribution in [3.63, 3.8) is 0 Å². The van der Waals surface area contributed by atoms with Crippen molar-refractivity contribution in [2.75, 3.05) is 13.2 Å². The monoisotopic (exact) mass is 311 g/mol. The van der Waals surface area contributed by atoms with Crippen molar-refractivity contribution in [1.29, 1.82) is 0 Å². The molecule has 0 saturated carbocycles. The number of ether oxygens (including phenoxy) is 1. The van der Waals surface area contributed by atoms with Crippen molar-refractivity contribution in [3.05, 3.63) is 59.7 Å². The van der Waals surface area contributed by atoms with Crippen molar-refractivity contribution >= 4 is 0 Å². The molecule has 3 N–H and O–H groups in total. The number of aromatic hydroxyl groups is 1. The fourth-order valence-electron chi connectivity index (χ4n) is 2.01. The number of phenolic OH excluding ortho intramolecular Hbond substituents is 1. The summed E-state index contributed by atoms with van der Waals surface area (Å²) in [6.45, 7) is 0.387. The second-order valence-electron chi connectivity index (χ2n) is 4.83. The van der Waals surface area contributed by atoms with Crippen molar-refractivity contribution in [1.82, 2.24) is 0 Å². The van der Waals surface area contributed by atoms with Crippen molar-refractivity contribution < 1.29 is 23.0 Å². The summed E-state index contributed by atoms with van der Waals surface area (Å²) in [7, 11) is 0. The number of hydrogen-bond acceptors (Lipinski definition) is 3. The molecule has 22 heavy (non-hydrogen) atoms. The van der Waals surface area contributed by atoms with Gasteiger partial charge >= 0.3 is 6.18 Å². The van der Waals surface area contributed by atoms with Crippen LogP contribution in [0.4, 0.5) is 13.2 Å². The molecule has 0 spiro atoms. The maximum atomic E-state index is 12.5. The molecule has 0 aliphatic rings. The number of phenols is 1. The van der Waals surface area contributed by atoms with E-state index in [0.717, 1.165) is 12.1 Å². The van der Waals surface area contributed by atoms with Gasteiger partial charge in [0, 0.05) is 12.5 Å². The third-order valence-electron chi connectivity index (χ3n) is 3.30. The van der Waals surface area contributed by atoms with Crippen LogP contribution in [0.3, 0.4) is 0 Å². The molecule has 1 unspecified atom stereocenters. The smallest absolute Gasteiger partial charge is 0.416 e. The minimum Gasteiger partial charge on any atom is -0.504 e. The van der Waals surface area contributed by atoms with Gasteiger partial charge in [-0.25, -0.2) is 0 Å². The Kier molecular flexibility index (Phi) is 4.92. The van der Waals surface area contributed by atoms with Gasteiger partial charge < -0.3 is 15.6 Å². The van der Waals surface area contributed by atoms with Crippen LogP contribution in [-0.2, 0) is 6.18 Å². The summed E-state index contributed by atoms with van der Waals surface area (Å²) in [5.41, 5.74) is 5.62. The summed E-state index contributed by atoms with van der Waals surface area (Å²) in [6.07, 6.45) is -4.36. The Morgan fingerprint density at radius 1 is 1.05 bits per heavy atom. The lowest BCUT2D eigenvalue weighted by molar-refractivity contribution is -0.137. The Labute approximate surface area is 126 Å². The third kappa shape index (κ3) is 3.92. The molecule has 0 bridgehead atoms. The van der Waals surface area contributed by atoms with Crippen LogP contribution in [0.2, 0.25) is 0 Å². The summed E-state index contributed by atoms with van der Waals surface area (Å²) in [5.74, 6) is 0.0560. The Bertz CT molecular complexity index is 612. The molecular formula is C16H16F3NO2. The Morgan fingerprint density at radius 2 is 1.68 bits per heavy atom. The van der Waals surface area contributed by atoms with Gasteiger partial charge in [0.15, 0.2) is 11.5 Å². The number of benzene rings is 2. The second-order valence-corrected chi connectivity index (χ2v) is 4.83. The highest BCUT2D eigenvalue weighted by molar-refractivity contribution is 5.38. The maximum absolute atomic E-state index is 12.5. The first-order valence-electron chi connectivity index (χ1n) is 6.70. The molecule has 0 aliphatic carbocycles. The topological polar surface area (TPSA) is 55.5 Å². The molecule has 2 aromatic rings. The highest BCUT2D eigenvalue weighted by Gasteiger charge is 2.30. The first-order chi connectivity index (χ1) is 10.4. The molecule has 2 aromatic carbocycles. The average molecular weight is 311 g/mol. The lowest BCUT2D eigenvalue weighted by Crippen LogP contribution is -2.20. The van der Waals surface area contributed by atoms with Gasteiger partial charge in [-0.1, -0.05) is 24.3 Å². The third-order valence-corrected chi connectivity index (χ3v) is 3.30. The van der Waals surface area contributed by atoms with E-state index in [0.29, 0.717) is 11.3 Å². The SMILES string of the molecule is NCC(COc1ccccc1O)c1ccc(C(F)(F)F)cc1. The van der Waals surface area contributed by atoms with E-state index in [1.54, 1.807) is 18.2 Å². The highest BCUT2D eigenvalue weighted by Crippen LogP contribution is 2.30. The molecule has 3 nitrogen and oxygen atoms in total. The normalized spacial score (nSPS) is 12.9. The maximum Gasteiger partial charge on any atom is 0.416 e. The fraction of sp³-hybridized carbons (Fsp3) is 0.250. The van der Waals surface area contributed by atoms with Gasteiger partial charge in [0.25, 0.3) is 0 Å². The lowest BCUT2D eigenvalue weighted by Gasteiger charge is -2.17. The van der Waals surface area contributed by atoms with E-state index < -0.39 is 11.7 Å². The van der Waals surface area contributed by atoms with Crippen molar-refractivity contribution in [2.24, 2.45) is 5.73 Å². The van der Waals surface area contributed by atoms with E-state index >= 15 is 0 Å². The van der Waals surface area contributed by atoms with E-state index in [1.807, 2.05) is 0 Å². The number of para-hydroxylation sites is 2. The minimum absolute atomic E-state index is 0.00527. The van der Waals surface area contributed by atoms with Crippen LogP contribution in [0, 0.1) is 0 Å². The van der Waals surface area contributed by atoms with Crippen LogP contribution in [0.1, 0.15) is 17.0 Å². The molecule has 6 heteroatoms. The molecule has 0 amide bonds. The largest absolute Gasteiger partial charge is 0.504 e. The molecule has 0 saturated heterocycles. The van der Waals surface area contributed by atoms with Crippen LogP contribution >= 0.6 is 0 Å². The lowest BCUT2D eigenvalue weighted by atomic mass is 9.99. The second kappa shape index (κ2) is 6.70. The van der Waals surface area contributed by atoms with E-state index in [2.05, 4.69) is 0 Å². The Hall–Kier alpha value is -2.21. The Balaban J connectivity index is 2.07. The van der Waals surface area contributed by atoms with Crippen LogP contribution in [0.25, 0.3) is 0 Å².